The van der Waals surface area contributed by atoms with Crippen molar-refractivity contribution in [3.63, 3.8) is 0 Å². The molecule has 0 heterocycles. The minimum atomic E-state index is -0.322. The first-order valence-corrected chi connectivity index (χ1v) is 6.59. The van der Waals surface area contributed by atoms with Gasteiger partial charge in [0.05, 0.1) is 21.1 Å². The van der Waals surface area contributed by atoms with Crippen LogP contribution in [0.15, 0.2) is 24.3 Å². The summed E-state index contributed by atoms with van der Waals surface area (Å²) in [4.78, 5) is 13.3. The van der Waals surface area contributed by atoms with Crippen LogP contribution in [-0.4, -0.2) is 50.2 Å². The average molecular weight is 265 g/mol. The summed E-state index contributed by atoms with van der Waals surface area (Å²) >= 11 is 0. The van der Waals surface area contributed by atoms with Crippen molar-refractivity contribution in [2.45, 2.75) is 19.9 Å². The molecule has 0 bridgehead atoms. The maximum atomic E-state index is 11.7. The van der Waals surface area contributed by atoms with Crippen molar-refractivity contribution >= 4 is 6.09 Å². The molecule has 0 aliphatic heterocycles. The lowest BCUT2D eigenvalue weighted by Crippen LogP contribution is -2.37. The van der Waals surface area contributed by atoms with Crippen molar-refractivity contribution < 1.29 is 14.0 Å². The molecule has 1 aromatic carbocycles. The van der Waals surface area contributed by atoms with E-state index in [1.165, 1.54) is 4.90 Å². The zero-order valence-electron chi connectivity index (χ0n) is 12.8. The Bertz CT molecular complexity index is 438. The zero-order chi connectivity index (χ0) is 14.6. The van der Waals surface area contributed by atoms with Crippen LogP contribution in [0, 0.1) is 0 Å². The number of hydrogen-bond donors (Lipinski definition) is 0. The fourth-order valence-electron chi connectivity index (χ4n) is 1.59. The number of nitrogens with zero attached hydrogens (tertiary/aromatic N) is 2. The highest BCUT2D eigenvalue weighted by atomic mass is 16.6. The average Bonchev–Trinajstić information content (AvgIpc) is 2.36. The van der Waals surface area contributed by atoms with Gasteiger partial charge in [-0.2, -0.15) is 0 Å². The molecule has 1 amide bonds. The lowest BCUT2D eigenvalue weighted by molar-refractivity contribution is -0.900. The van der Waals surface area contributed by atoms with Crippen LogP contribution in [0.5, 0.6) is 5.75 Å². The van der Waals surface area contributed by atoms with Crippen molar-refractivity contribution in [1.29, 1.82) is 0 Å². The van der Waals surface area contributed by atoms with Gasteiger partial charge in [0.25, 0.3) is 0 Å². The summed E-state index contributed by atoms with van der Waals surface area (Å²) in [7, 11) is 8.16. The molecule has 1 atom stereocenters. The number of hydrogen-bond acceptors (Lipinski definition) is 2. The fraction of sp³-hybridized carbons (Fsp3) is 0.533. The molecule has 0 saturated carbocycles. The third kappa shape index (κ3) is 4.24. The Hall–Kier alpha value is -1.55. The van der Waals surface area contributed by atoms with E-state index in [0.29, 0.717) is 18.3 Å². The molecule has 4 nitrogen and oxygen atoms in total. The number of carbonyl (C=O) groups is 1. The molecule has 19 heavy (non-hydrogen) atoms. The second kappa shape index (κ2) is 6.06. The Labute approximate surface area is 116 Å². The van der Waals surface area contributed by atoms with Crippen molar-refractivity contribution in [1.82, 2.24) is 4.90 Å². The van der Waals surface area contributed by atoms with Gasteiger partial charge in [0.2, 0.25) is 0 Å². The van der Waals surface area contributed by atoms with E-state index in [0.717, 1.165) is 10.0 Å². The van der Waals surface area contributed by atoms with Gasteiger partial charge in [0, 0.05) is 19.2 Å². The third-order valence-corrected chi connectivity index (χ3v) is 3.49. The molecule has 1 rings (SSSR count). The second-order valence-corrected chi connectivity index (χ2v) is 5.75. The van der Waals surface area contributed by atoms with E-state index in [4.69, 9.17) is 4.74 Å². The highest BCUT2D eigenvalue weighted by molar-refractivity contribution is 5.70. The number of rotatable bonds is 4. The quantitative estimate of drug-likeness (QED) is 0.783. The van der Waals surface area contributed by atoms with Gasteiger partial charge in [-0.05, 0) is 26.0 Å². The summed E-state index contributed by atoms with van der Waals surface area (Å²) in [5.41, 5.74) is 1.16. The van der Waals surface area contributed by atoms with E-state index in [-0.39, 0.29) is 6.09 Å². The first-order chi connectivity index (χ1) is 8.75. The molecule has 0 radical (unpaired) electrons. The minimum Gasteiger partial charge on any atom is -0.410 e. The fourth-order valence-corrected chi connectivity index (χ4v) is 1.59. The van der Waals surface area contributed by atoms with Crippen LogP contribution in [0.1, 0.15) is 25.5 Å². The van der Waals surface area contributed by atoms with E-state index in [2.05, 4.69) is 34.1 Å². The van der Waals surface area contributed by atoms with Crippen molar-refractivity contribution in [3.8, 4) is 5.75 Å². The standard InChI is InChI=1S/C15H25N2O2/c1-7-16(3)15(18)19-14-10-8-9-13(11-14)12(2)17(4,5)6/h8-12H,7H2,1-6H3/q+1/t12-/m0/s1. The summed E-state index contributed by atoms with van der Waals surface area (Å²) in [6, 6.07) is 8.08. The normalized spacial score (nSPS) is 12.9. The Morgan fingerprint density at radius 1 is 1.37 bits per heavy atom. The highest BCUT2D eigenvalue weighted by Gasteiger charge is 2.21. The largest absolute Gasteiger partial charge is 0.414 e. The van der Waals surface area contributed by atoms with Gasteiger partial charge in [-0.3, -0.25) is 0 Å². The van der Waals surface area contributed by atoms with E-state index in [9.17, 15) is 4.79 Å². The molecular formula is C15H25N2O2+. The van der Waals surface area contributed by atoms with Gasteiger partial charge >= 0.3 is 6.09 Å². The third-order valence-electron chi connectivity index (χ3n) is 3.49. The summed E-state index contributed by atoms with van der Waals surface area (Å²) < 4.78 is 6.18. The Morgan fingerprint density at radius 3 is 2.53 bits per heavy atom. The van der Waals surface area contributed by atoms with Crippen molar-refractivity contribution in [3.05, 3.63) is 29.8 Å². The van der Waals surface area contributed by atoms with E-state index in [1.54, 1.807) is 7.05 Å². The summed E-state index contributed by atoms with van der Waals surface area (Å²) in [5.74, 6) is 0.600. The van der Waals surface area contributed by atoms with E-state index < -0.39 is 0 Å². The van der Waals surface area contributed by atoms with Gasteiger partial charge in [0.1, 0.15) is 11.8 Å². The Morgan fingerprint density at radius 2 is 2.00 bits per heavy atom. The first-order valence-electron chi connectivity index (χ1n) is 6.59. The minimum absolute atomic E-state index is 0.322. The van der Waals surface area contributed by atoms with Crippen LogP contribution in [-0.2, 0) is 0 Å². The highest BCUT2D eigenvalue weighted by Crippen LogP contribution is 2.25. The maximum Gasteiger partial charge on any atom is 0.414 e. The Kier molecular flexibility index (Phi) is 4.95. The summed E-state index contributed by atoms with van der Waals surface area (Å²) in [6.45, 7) is 4.71. The van der Waals surface area contributed by atoms with Crippen LogP contribution in [0.2, 0.25) is 0 Å². The number of quaternary nitrogens is 1. The predicted octanol–water partition coefficient (Wildman–Crippen LogP) is 2.90. The lowest BCUT2D eigenvalue weighted by atomic mass is 10.1. The monoisotopic (exact) mass is 265 g/mol. The molecule has 4 heteroatoms. The van der Waals surface area contributed by atoms with Gasteiger partial charge in [-0.25, -0.2) is 4.79 Å². The van der Waals surface area contributed by atoms with Crippen LogP contribution < -0.4 is 4.74 Å². The maximum absolute atomic E-state index is 11.7. The summed E-state index contributed by atoms with van der Waals surface area (Å²) in [5, 5.41) is 0. The molecule has 0 aliphatic carbocycles. The van der Waals surface area contributed by atoms with Gasteiger partial charge in [-0.15, -0.1) is 0 Å². The van der Waals surface area contributed by atoms with E-state index in [1.807, 2.05) is 25.1 Å². The first kappa shape index (κ1) is 15.5. The SMILES string of the molecule is CCN(C)C(=O)Oc1cccc([C@H](C)[N+](C)(C)C)c1. The van der Waals surface area contributed by atoms with Gasteiger partial charge < -0.3 is 14.1 Å². The molecule has 0 N–H and O–H groups in total. The molecule has 106 valence electrons. The summed E-state index contributed by atoms with van der Waals surface area (Å²) in [6.07, 6.45) is -0.322. The van der Waals surface area contributed by atoms with Crippen LogP contribution in [0.25, 0.3) is 0 Å². The molecule has 0 fully saturated rings. The molecule has 0 aliphatic rings. The van der Waals surface area contributed by atoms with Crippen LogP contribution >= 0.6 is 0 Å². The number of ether oxygens (including phenoxy) is 1. The number of carbonyl (C=O) groups excluding carboxylic acids is 1. The molecule has 0 saturated heterocycles. The Balaban J connectivity index is 2.86. The molecule has 0 spiro atoms. The second-order valence-electron chi connectivity index (χ2n) is 5.75. The molecule has 0 aromatic heterocycles. The smallest absolute Gasteiger partial charge is 0.410 e. The predicted molar refractivity (Wildman–Crippen MR) is 77.2 cm³/mol. The van der Waals surface area contributed by atoms with Crippen molar-refractivity contribution in [2.24, 2.45) is 0 Å². The zero-order valence-corrected chi connectivity index (χ0v) is 12.8. The topological polar surface area (TPSA) is 29.5 Å². The van der Waals surface area contributed by atoms with Gasteiger partial charge in [-0.1, -0.05) is 12.1 Å². The molecular weight excluding hydrogens is 240 g/mol. The van der Waals surface area contributed by atoms with E-state index >= 15 is 0 Å². The molecule has 1 aromatic rings. The number of amides is 1. The van der Waals surface area contributed by atoms with Crippen LogP contribution in [0.3, 0.4) is 0 Å². The lowest BCUT2D eigenvalue weighted by Gasteiger charge is -2.32. The van der Waals surface area contributed by atoms with Gasteiger partial charge in [0.15, 0.2) is 0 Å². The number of benzene rings is 1. The van der Waals surface area contributed by atoms with Crippen molar-refractivity contribution in [2.75, 3.05) is 34.7 Å². The van der Waals surface area contributed by atoms with Crippen LogP contribution in [0.4, 0.5) is 4.79 Å². The molecule has 0 unspecified atom stereocenters.